The Morgan fingerprint density at radius 1 is 1.11 bits per heavy atom. The second kappa shape index (κ2) is 7.34. The van der Waals surface area contributed by atoms with Crippen LogP contribution in [0, 0.1) is 10.1 Å². The lowest BCUT2D eigenvalue weighted by Gasteiger charge is -2.14. The summed E-state index contributed by atoms with van der Waals surface area (Å²) < 4.78 is 1.22. The predicted molar refractivity (Wildman–Crippen MR) is 107 cm³/mol. The average molecular weight is 393 g/mol. The summed E-state index contributed by atoms with van der Waals surface area (Å²) in [4.78, 5) is 24.2. The maximum atomic E-state index is 12.9. The largest absolute Gasteiger partial charge is 0.386 e. The number of nitro groups is 1. The summed E-state index contributed by atoms with van der Waals surface area (Å²) in [6, 6.07) is 16.8. The van der Waals surface area contributed by atoms with Crippen molar-refractivity contribution < 1.29 is 10.0 Å². The molecule has 0 radical (unpaired) electrons. The molecule has 0 aliphatic carbocycles. The number of hydrogen-bond acceptors (Lipinski definition) is 6. The number of aliphatic hydroxyl groups is 1. The van der Waals surface area contributed by atoms with E-state index in [4.69, 9.17) is 0 Å². The number of aromatic nitrogens is 2. The van der Waals surface area contributed by atoms with Gasteiger partial charge in [-0.2, -0.15) is 5.10 Å². The minimum absolute atomic E-state index is 0.108. The molecule has 0 spiro atoms. The number of rotatable bonds is 5. The maximum absolute atomic E-state index is 12.9. The van der Waals surface area contributed by atoms with Crippen LogP contribution in [0.1, 0.15) is 11.7 Å². The summed E-state index contributed by atoms with van der Waals surface area (Å²) in [7, 11) is 0. The number of hydrogen-bond donors (Lipinski definition) is 1. The molecule has 0 saturated heterocycles. The Kier molecular flexibility index (Phi) is 4.72. The van der Waals surface area contributed by atoms with Crippen molar-refractivity contribution in [2.24, 2.45) is 0 Å². The van der Waals surface area contributed by atoms with Crippen molar-refractivity contribution in [2.45, 2.75) is 12.6 Å². The van der Waals surface area contributed by atoms with Crippen LogP contribution in [0.3, 0.4) is 0 Å². The molecule has 1 unspecified atom stereocenters. The van der Waals surface area contributed by atoms with Gasteiger partial charge in [0.1, 0.15) is 5.69 Å². The molecule has 0 amide bonds. The third kappa shape index (κ3) is 3.30. The van der Waals surface area contributed by atoms with E-state index in [0.717, 1.165) is 10.3 Å². The van der Waals surface area contributed by atoms with E-state index in [1.165, 1.54) is 34.2 Å². The normalized spacial score (nSPS) is 12.2. The Bertz CT molecular complexity index is 1220. The van der Waals surface area contributed by atoms with Gasteiger partial charge in [0.05, 0.1) is 27.8 Å². The number of aliphatic hydroxyl groups excluding tert-OH is 1. The fourth-order valence-corrected chi connectivity index (χ4v) is 3.79. The molecular formula is C20H15N3O4S. The molecule has 0 fully saturated rings. The van der Waals surface area contributed by atoms with Crippen molar-refractivity contribution >= 4 is 27.8 Å². The first kappa shape index (κ1) is 18.0. The van der Waals surface area contributed by atoms with Gasteiger partial charge in [0.15, 0.2) is 0 Å². The molecular weight excluding hydrogens is 378 g/mol. The highest BCUT2D eigenvalue weighted by Gasteiger charge is 2.17. The monoisotopic (exact) mass is 393 g/mol. The van der Waals surface area contributed by atoms with Crippen LogP contribution in [0.2, 0.25) is 0 Å². The molecule has 4 aromatic rings. The first-order chi connectivity index (χ1) is 13.5. The molecule has 8 heteroatoms. The van der Waals surface area contributed by atoms with Gasteiger partial charge in [-0.15, -0.1) is 11.3 Å². The summed E-state index contributed by atoms with van der Waals surface area (Å²) in [6.07, 6.45) is -1.11. The fraction of sp³-hybridized carbons (Fsp3) is 0.100. The zero-order valence-electron chi connectivity index (χ0n) is 14.6. The maximum Gasteiger partial charge on any atom is 0.274 e. The molecule has 0 aliphatic rings. The van der Waals surface area contributed by atoms with E-state index in [1.54, 1.807) is 18.2 Å². The summed E-state index contributed by atoms with van der Waals surface area (Å²) >= 11 is 1.51. The van der Waals surface area contributed by atoms with E-state index in [2.05, 4.69) is 5.10 Å². The lowest BCUT2D eigenvalue weighted by Crippen LogP contribution is -2.26. The molecule has 7 nitrogen and oxygen atoms in total. The Hall–Kier alpha value is -3.36. The Labute approximate surface area is 163 Å². The third-order valence-electron chi connectivity index (χ3n) is 4.43. The Balaban J connectivity index is 1.79. The first-order valence-corrected chi connectivity index (χ1v) is 9.38. The van der Waals surface area contributed by atoms with Gasteiger partial charge in [-0.3, -0.25) is 14.9 Å². The van der Waals surface area contributed by atoms with Gasteiger partial charge in [-0.25, -0.2) is 4.68 Å². The molecule has 2 heterocycles. The number of nitrogens with zero attached hydrogens (tertiary/aromatic N) is 3. The topological polar surface area (TPSA) is 98.3 Å². The minimum atomic E-state index is -1.11. The van der Waals surface area contributed by atoms with Crippen molar-refractivity contribution in [2.75, 3.05) is 0 Å². The second-order valence-electron chi connectivity index (χ2n) is 6.23. The van der Waals surface area contributed by atoms with Crippen LogP contribution in [0.4, 0.5) is 5.69 Å². The van der Waals surface area contributed by atoms with E-state index >= 15 is 0 Å². The molecule has 0 saturated carbocycles. The van der Waals surface area contributed by atoms with Gasteiger partial charge in [0, 0.05) is 17.5 Å². The molecule has 140 valence electrons. The van der Waals surface area contributed by atoms with Crippen LogP contribution >= 0.6 is 11.3 Å². The number of fused-ring (bicyclic) bond motifs is 1. The van der Waals surface area contributed by atoms with E-state index in [0.29, 0.717) is 16.6 Å². The van der Waals surface area contributed by atoms with Crippen molar-refractivity contribution in [1.82, 2.24) is 9.78 Å². The van der Waals surface area contributed by atoms with E-state index in [9.17, 15) is 20.0 Å². The number of benzene rings is 2. The van der Waals surface area contributed by atoms with E-state index < -0.39 is 11.0 Å². The van der Waals surface area contributed by atoms with Gasteiger partial charge >= 0.3 is 0 Å². The van der Waals surface area contributed by atoms with Gasteiger partial charge < -0.3 is 5.11 Å². The van der Waals surface area contributed by atoms with Crippen LogP contribution < -0.4 is 5.56 Å². The summed E-state index contributed by atoms with van der Waals surface area (Å²) in [5, 5.41) is 29.2. The second-order valence-corrected chi connectivity index (χ2v) is 7.17. The van der Waals surface area contributed by atoms with Crippen LogP contribution in [-0.2, 0) is 6.54 Å². The van der Waals surface area contributed by atoms with Crippen molar-refractivity contribution in [1.29, 1.82) is 0 Å². The van der Waals surface area contributed by atoms with Gasteiger partial charge in [0.25, 0.3) is 11.2 Å². The van der Waals surface area contributed by atoms with Crippen LogP contribution in [0.25, 0.3) is 21.3 Å². The first-order valence-electron chi connectivity index (χ1n) is 8.51. The summed E-state index contributed by atoms with van der Waals surface area (Å²) in [5.74, 6) is 0. The molecule has 0 bridgehead atoms. The molecule has 4 rings (SSSR count). The minimum Gasteiger partial charge on any atom is -0.386 e. The number of thiophene rings is 1. The highest BCUT2D eigenvalue weighted by molar-refractivity contribution is 7.13. The number of nitro benzene ring substituents is 1. The Morgan fingerprint density at radius 2 is 1.89 bits per heavy atom. The van der Waals surface area contributed by atoms with Crippen LogP contribution in [0.15, 0.2) is 70.8 Å². The molecule has 1 atom stereocenters. The molecule has 2 aromatic heterocycles. The summed E-state index contributed by atoms with van der Waals surface area (Å²) in [5.41, 5.74) is 0.584. The molecule has 1 N–H and O–H groups in total. The SMILES string of the molecule is O=c1c2ccccc2c(-c2cccs2)nn1CC(O)c1cccc([N+](=O)[O-])c1. The van der Waals surface area contributed by atoms with Crippen LogP contribution in [-0.4, -0.2) is 19.8 Å². The standard InChI is InChI=1S/C20H15N3O4S/c24-17(13-5-3-6-14(11-13)23(26)27)12-22-20(25)16-8-2-1-7-15(16)19(21-22)18-9-4-10-28-18/h1-11,17,24H,12H2. The van der Waals surface area contributed by atoms with Gasteiger partial charge in [-0.05, 0) is 23.1 Å². The van der Waals surface area contributed by atoms with Gasteiger partial charge in [-0.1, -0.05) is 36.4 Å². The lowest BCUT2D eigenvalue weighted by atomic mass is 10.1. The zero-order chi connectivity index (χ0) is 19.7. The van der Waals surface area contributed by atoms with Gasteiger partial charge in [0.2, 0.25) is 0 Å². The number of non-ortho nitro benzene ring substituents is 1. The average Bonchev–Trinajstić information content (AvgIpc) is 3.25. The van der Waals surface area contributed by atoms with Crippen molar-refractivity contribution in [3.05, 3.63) is 92.1 Å². The zero-order valence-corrected chi connectivity index (χ0v) is 15.4. The third-order valence-corrected chi connectivity index (χ3v) is 5.31. The van der Waals surface area contributed by atoms with E-state index in [-0.39, 0.29) is 17.8 Å². The van der Waals surface area contributed by atoms with Crippen molar-refractivity contribution in [3.63, 3.8) is 0 Å². The van der Waals surface area contributed by atoms with E-state index in [1.807, 2.05) is 29.6 Å². The van der Waals surface area contributed by atoms with Crippen molar-refractivity contribution in [3.8, 4) is 10.6 Å². The predicted octanol–water partition coefficient (Wildman–Crippen LogP) is 3.77. The lowest BCUT2D eigenvalue weighted by molar-refractivity contribution is -0.385. The molecule has 28 heavy (non-hydrogen) atoms. The Morgan fingerprint density at radius 3 is 2.61 bits per heavy atom. The summed E-state index contributed by atoms with van der Waals surface area (Å²) in [6.45, 7) is -0.108. The van der Waals surface area contributed by atoms with Crippen LogP contribution in [0.5, 0.6) is 0 Å². The smallest absolute Gasteiger partial charge is 0.274 e. The fourth-order valence-electron chi connectivity index (χ4n) is 3.07. The quantitative estimate of drug-likeness (QED) is 0.411. The molecule has 2 aromatic carbocycles. The highest BCUT2D eigenvalue weighted by Crippen LogP contribution is 2.28. The molecule has 0 aliphatic heterocycles. The highest BCUT2D eigenvalue weighted by atomic mass is 32.1.